The van der Waals surface area contributed by atoms with E-state index in [0.717, 1.165) is 49.5 Å². The van der Waals surface area contributed by atoms with Crippen molar-refractivity contribution in [3.63, 3.8) is 0 Å². The first-order chi connectivity index (χ1) is 11.0. The number of hydrogen-bond acceptors (Lipinski definition) is 4. The first-order valence-corrected chi connectivity index (χ1v) is 7.81. The minimum atomic E-state index is -0.191. The number of hydrogen-bond donors (Lipinski definition) is 1. The fraction of sp³-hybridized carbons (Fsp3) is 0.412. The van der Waals surface area contributed by atoms with Crippen LogP contribution >= 0.6 is 0 Å². The molecule has 0 spiro atoms. The average molecular weight is 316 g/mol. The van der Waals surface area contributed by atoms with Gasteiger partial charge in [-0.05, 0) is 43.2 Å². The number of anilines is 1. The fourth-order valence-corrected chi connectivity index (χ4v) is 2.95. The molecule has 0 saturated carbocycles. The number of piperazine rings is 1. The van der Waals surface area contributed by atoms with E-state index in [9.17, 15) is 9.18 Å². The van der Waals surface area contributed by atoms with Crippen LogP contribution < -0.4 is 10.5 Å². The summed E-state index contributed by atoms with van der Waals surface area (Å²) in [7, 11) is 0. The van der Waals surface area contributed by atoms with Crippen LogP contribution in [0.3, 0.4) is 0 Å². The molecule has 2 heterocycles. The van der Waals surface area contributed by atoms with Crippen LogP contribution in [0.15, 0.2) is 29.1 Å². The van der Waals surface area contributed by atoms with Gasteiger partial charge in [-0.3, -0.25) is 9.69 Å². The number of aryl methyl sites for hydroxylation is 2. The largest absolute Gasteiger partial charge is 0.364 e. The lowest BCUT2D eigenvalue weighted by Crippen LogP contribution is -2.47. The topological polar surface area (TPSA) is 52.2 Å². The average Bonchev–Trinajstić information content (AvgIpc) is 2.53. The van der Waals surface area contributed by atoms with Gasteiger partial charge in [-0.25, -0.2) is 9.49 Å². The van der Waals surface area contributed by atoms with Crippen molar-refractivity contribution in [2.75, 3.05) is 31.1 Å². The molecule has 0 aliphatic carbocycles. The van der Waals surface area contributed by atoms with E-state index in [1.54, 1.807) is 6.07 Å². The van der Waals surface area contributed by atoms with Gasteiger partial charge in [0.15, 0.2) is 0 Å². The van der Waals surface area contributed by atoms with Crippen LogP contribution in [0.25, 0.3) is 0 Å². The summed E-state index contributed by atoms with van der Waals surface area (Å²) in [5, 5.41) is 6.45. The van der Waals surface area contributed by atoms with Gasteiger partial charge in [0.1, 0.15) is 11.5 Å². The molecule has 6 heteroatoms. The van der Waals surface area contributed by atoms with Crippen LogP contribution in [0.5, 0.6) is 0 Å². The van der Waals surface area contributed by atoms with E-state index in [0.29, 0.717) is 5.69 Å². The highest BCUT2D eigenvalue weighted by Gasteiger charge is 2.20. The van der Waals surface area contributed by atoms with Crippen molar-refractivity contribution < 1.29 is 4.39 Å². The summed E-state index contributed by atoms with van der Waals surface area (Å²) >= 11 is 0. The highest BCUT2D eigenvalue weighted by molar-refractivity contribution is 5.45. The zero-order valence-electron chi connectivity index (χ0n) is 13.5. The van der Waals surface area contributed by atoms with Gasteiger partial charge in [-0.1, -0.05) is 6.07 Å². The maximum atomic E-state index is 13.2. The van der Waals surface area contributed by atoms with E-state index in [1.165, 1.54) is 6.07 Å². The number of nitrogens with one attached hydrogen (secondary N) is 1. The number of rotatable bonds is 3. The van der Waals surface area contributed by atoms with E-state index in [1.807, 2.05) is 26.0 Å². The Morgan fingerprint density at radius 3 is 2.61 bits per heavy atom. The molecule has 23 heavy (non-hydrogen) atoms. The summed E-state index contributed by atoms with van der Waals surface area (Å²) in [5.41, 5.74) is 3.49. The molecule has 0 radical (unpaired) electrons. The van der Waals surface area contributed by atoms with Gasteiger partial charge in [0, 0.05) is 32.7 Å². The van der Waals surface area contributed by atoms with Crippen molar-refractivity contribution in [3.05, 3.63) is 57.3 Å². The van der Waals surface area contributed by atoms with E-state index < -0.39 is 0 Å². The molecule has 0 unspecified atom stereocenters. The molecule has 5 nitrogen and oxygen atoms in total. The second-order valence-electron chi connectivity index (χ2n) is 6.06. The number of nitrogens with zero attached hydrogens (tertiary/aromatic N) is 3. The van der Waals surface area contributed by atoms with Crippen molar-refractivity contribution >= 4 is 5.69 Å². The number of aromatic nitrogens is 2. The fourth-order valence-electron chi connectivity index (χ4n) is 2.95. The lowest BCUT2D eigenvalue weighted by molar-refractivity contribution is 0.249. The van der Waals surface area contributed by atoms with Crippen molar-refractivity contribution in [1.82, 2.24) is 15.1 Å². The molecular weight excluding hydrogens is 295 g/mol. The number of H-pyrrole nitrogens is 1. The van der Waals surface area contributed by atoms with E-state index in [4.69, 9.17) is 0 Å². The zero-order chi connectivity index (χ0) is 16.4. The molecule has 0 amide bonds. The second-order valence-corrected chi connectivity index (χ2v) is 6.06. The molecule has 1 fully saturated rings. The molecule has 1 N–H and O–H groups in total. The lowest BCUT2D eigenvalue weighted by atomic mass is 10.1. The summed E-state index contributed by atoms with van der Waals surface area (Å²) in [4.78, 5) is 16.3. The van der Waals surface area contributed by atoms with Crippen LogP contribution in [0.2, 0.25) is 0 Å². The minimum Gasteiger partial charge on any atom is -0.364 e. The second kappa shape index (κ2) is 6.50. The summed E-state index contributed by atoms with van der Waals surface area (Å²) in [6.45, 7) is 7.96. The standard InChI is InChI=1S/C17H21FN4O/c1-12-9-15(18)4-3-14(12)11-21-5-7-22(8-6-21)16-10-13(2)19-20-17(16)23/h3-4,9-10H,5-8,11H2,1-2H3,(H,20,23). The van der Waals surface area contributed by atoms with Crippen LogP contribution in [0.1, 0.15) is 16.8 Å². The summed E-state index contributed by atoms with van der Waals surface area (Å²) < 4.78 is 13.2. The van der Waals surface area contributed by atoms with Gasteiger partial charge in [-0.15, -0.1) is 0 Å². The zero-order valence-corrected chi connectivity index (χ0v) is 13.5. The molecule has 1 aliphatic rings. The van der Waals surface area contributed by atoms with Gasteiger partial charge in [-0.2, -0.15) is 5.10 Å². The maximum absolute atomic E-state index is 13.2. The molecule has 1 aromatic heterocycles. The van der Waals surface area contributed by atoms with E-state index in [-0.39, 0.29) is 11.4 Å². The summed E-state index contributed by atoms with van der Waals surface area (Å²) in [6, 6.07) is 6.77. The third-order valence-corrected chi connectivity index (χ3v) is 4.32. The molecule has 0 bridgehead atoms. The first-order valence-electron chi connectivity index (χ1n) is 7.81. The lowest BCUT2D eigenvalue weighted by Gasteiger charge is -2.35. The Balaban J connectivity index is 1.64. The van der Waals surface area contributed by atoms with Crippen LogP contribution in [0, 0.1) is 19.7 Å². The number of benzene rings is 1. The number of aromatic amines is 1. The van der Waals surface area contributed by atoms with E-state index >= 15 is 0 Å². The Morgan fingerprint density at radius 2 is 1.91 bits per heavy atom. The smallest absolute Gasteiger partial charge is 0.287 e. The molecule has 3 rings (SSSR count). The molecule has 1 saturated heterocycles. The van der Waals surface area contributed by atoms with Crippen molar-refractivity contribution in [1.29, 1.82) is 0 Å². The van der Waals surface area contributed by atoms with Gasteiger partial charge in [0.05, 0.1) is 5.69 Å². The third kappa shape index (κ3) is 3.59. The molecule has 122 valence electrons. The van der Waals surface area contributed by atoms with Crippen LogP contribution in [-0.2, 0) is 6.54 Å². The quantitative estimate of drug-likeness (QED) is 0.939. The Labute approximate surface area is 134 Å². The summed E-state index contributed by atoms with van der Waals surface area (Å²) in [5.74, 6) is -0.191. The van der Waals surface area contributed by atoms with E-state index in [2.05, 4.69) is 20.0 Å². The monoisotopic (exact) mass is 316 g/mol. The SMILES string of the molecule is Cc1cc(N2CCN(Cc3ccc(F)cc3C)CC2)c(=O)[nH]n1. The highest BCUT2D eigenvalue weighted by atomic mass is 19.1. The predicted octanol–water partition coefficient (Wildman–Crippen LogP) is 1.85. The third-order valence-electron chi connectivity index (χ3n) is 4.32. The number of halogens is 1. The Bertz CT molecular complexity index is 750. The van der Waals surface area contributed by atoms with Gasteiger partial charge >= 0.3 is 0 Å². The molecule has 1 aliphatic heterocycles. The Morgan fingerprint density at radius 1 is 1.17 bits per heavy atom. The first kappa shape index (κ1) is 15.7. The maximum Gasteiger partial charge on any atom is 0.287 e. The molecular formula is C17H21FN4O. The van der Waals surface area contributed by atoms with Crippen LogP contribution in [0.4, 0.5) is 10.1 Å². The van der Waals surface area contributed by atoms with Crippen LogP contribution in [-0.4, -0.2) is 41.3 Å². The minimum absolute atomic E-state index is 0.140. The van der Waals surface area contributed by atoms with Crippen molar-refractivity contribution in [3.8, 4) is 0 Å². The predicted molar refractivity (Wildman–Crippen MR) is 88.2 cm³/mol. The van der Waals surface area contributed by atoms with Crippen molar-refractivity contribution in [2.45, 2.75) is 20.4 Å². The Kier molecular flexibility index (Phi) is 4.43. The van der Waals surface area contributed by atoms with Crippen molar-refractivity contribution in [2.24, 2.45) is 0 Å². The normalized spacial score (nSPS) is 15.9. The van der Waals surface area contributed by atoms with Gasteiger partial charge < -0.3 is 4.90 Å². The van der Waals surface area contributed by atoms with Gasteiger partial charge in [0.2, 0.25) is 0 Å². The van der Waals surface area contributed by atoms with Gasteiger partial charge in [0.25, 0.3) is 5.56 Å². The molecule has 1 aromatic carbocycles. The molecule has 0 atom stereocenters. The molecule has 2 aromatic rings. The Hall–Kier alpha value is -2.21. The highest BCUT2D eigenvalue weighted by Crippen LogP contribution is 2.16. The summed E-state index contributed by atoms with van der Waals surface area (Å²) in [6.07, 6.45) is 0.